The first-order chi connectivity index (χ1) is 11.4. The molecular weight excluding hydrogens is 341 g/mol. The molecule has 0 aliphatic carbocycles. The fourth-order valence-electron chi connectivity index (χ4n) is 3.19. The van der Waals surface area contributed by atoms with Gasteiger partial charge in [-0.2, -0.15) is 0 Å². The minimum absolute atomic E-state index is 0.0330. The average Bonchev–Trinajstić information content (AvgIpc) is 2.58. The summed E-state index contributed by atoms with van der Waals surface area (Å²) in [6.07, 6.45) is 0. The van der Waals surface area contributed by atoms with Gasteiger partial charge in [-0.25, -0.2) is 0 Å². The molecule has 0 aliphatic heterocycles. The van der Waals surface area contributed by atoms with Crippen molar-refractivity contribution in [3.8, 4) is 0 Å². The number of rotatable bonds is 7. The van der Waals surface area contributed by atoms with Crippen LogP contribution in [0.3, 0.4) is 0 Å². The van der Waals surface area contributed by atoms with E-state index in [0.717, 1.165) is 30.8 Å². The van der Waals surface area contributed by atoms with Crippen LogP contribution in [0.2, 0.25) is 10.0 Å². The molecule has 1 N–H and O–H groups in total. The lowest BCUT2D eigenvalue weighted by atomic mass is 9.76. The molecule has 1 unspecified atom stereocenters. The second-order valence-electron chi connectivity index (χ2n) is 6.17. The summed E-state index contributed by atoms with van der Waals surface area (Å²) in [6, 6.07) is 14.9. The maximum Gasteiger partial charge on any atom is 0.118 e. The molecule has 130 valence electrons. The quantitative estimate of drug-likeness (QED) is 0.727. The molecule has 0 radical (unpaired) electrons. The molecule has 0 bridgehead atoms. The van der Waals surface area contributed by atoms with Crippen LogP contribution in [0.5, 0.6) is 0 Å². The smallest absolute Gasteiger partial charge is 0.118 e. The summed E-state index contributed by atoms with van der Waals surface area (Å²) < 4.78 is 0. The summed E-state index contributed by atoms with van der Waals surface area (Å²) in [6.45, 7) is 9.01. The number of halogens is 2. The van der Waals surface area contributed by atoms with Crippen LogP contribution in [-0.4, -0.2) is 29.6 Å². The van der Waals surface area contributed by atoms with Crippen LogP contribution in [-0.2, 0) is 5.60 Å². The summed E-state index contributed by atoms with van der Waals surface area (Å²) in [7, 11) is 0. The van der Waals surface area contributed by atoms with Gasteiger partial charge in [-0.15, -0.1) is 0 Å². The summed E-state index contributed by atoms with van der Waals surface area (Å²) >= 11 is 12.4. The van der Waals surface area contributed by atoms with E-state index in [4.69, 9.17) is 23.2 Å². The van der Waals surface area contributed by atoms with E-state index in [1.165, 1.54) is 0 Å². The van der Waals surface area contributed by atoms with E-state index in [1.807, 2.05) is 48.5 Å². The van der Waals surface area contributed by atoms with Crippen molar-refractivity contribution in [1.29, 1.82) is 0 Å². The highest BCUT2D eigenvalue weighted by atomic mass is 35.5. The van der Waals surface area contributed by atoms with Crippen LogP contribution in [0.1, 0.15) is 31.9 Å². The monoisotopic (exact) mass is 365 g/mol. The lowest BCUT2D eigenvalue weighted by molar-refractivity contribution is 0.00872. The van der Waals surface area contributed by atoms with Gasteiger partial charge in [0.25, 0.3) is 0 Å². The van der Waals surface area contributed by atoms with Gasteiger partial charge in [-0.1, -0.05) is 68.2 Å². The second kappa shape index (κ2) is 8.35. The van der Waals surface area contributed by atoms with Crippen LogP contribution in [0, 0.1) is 5.92 Å². The first-order valence-electron chi connectivity index (χ1n) is 8.38. The van der Waals surface area contributed by atoms with E-state index < -0.39 is 5.60 Å². The normalized spacial score (nSPS) is 13.3. The van der Waals surface area contributed by atoms with Gasteiger partial charge in [0, 0.05) is 22.5 Å². The molecular formula is C20H25Cl2NO. The first kappa shape index (κ1) is 19.3. The zero-order valence-electron chi connectivity index (χ0n) is 14.5. The Kier molecular flexibility index (Phi) is 6.70. The lowest BCUT2D eigenvalue weighted by Gasteiger charge is -2.38. The summed E-state index contributed by atoms with van der Waals surface area (Å²) in [5.74, 6) is -0.0330. The highest BCUT2D eigenvalue weighted by Gasteiger charge is 2.38. The molecule has 0 heterocycles. The van der Waals surface area contributed by atoms with Gasteiger partial charge in [0.2, 0.25) is 0 Å². The van der Waals surface area contributed by atoms with Crippen LogP contribution in [0.4, 0.5) is 0 Å². The Labute approximate surface area is 155 Å². The van der Waals surface area contributed by atoms with Gasteiger partial charge in [-0.05, 0) is 48.5 Å². The molecule has 2 aromatic rings. The first-order valence-corrected chi connectivity index (χ1v) is 9.14. The van der Waals surface area contributed by atoms with Crippen molar-refractivity contribution < 1.29 is 5.11 Å². The molecule has 2 nitrogen and oxygen atoms in total. The van der Waals surface area contributed by atoms with Crippen molar-refractivity contribution in [2.45, 2.75) is 26.4 Å². The highest BCUT2D eigenvalue weighted by molar-refractivity contribution is 6.31. The Morgan fingerprint density at radius 1 is 0.958 bits per heavy atom. The molecule has 0 spiro atoms. The molecule has 4 heteroatoms. The van der Waals surface area contributed by atoms with E-state index in [1.54, 1.807) is 0 Å². The van der Waals surface area contributed by atoms with Crippen molar-refractivity contribution in [3.63, 3.8) is 0 Å². The van der Waals surface area contributed by atoms with Crippen molar-refractivity contribution in [2.24, 2.45) is 5.92 Å². The predicted octanol–water partition coefficient (Wildman–Crippen LogP) is 5.21. The predicted molar refractivity (Wildman–Crippen MR) is 103 cm³/mol. The molecule has 0 amide bonds. The minimum atomic E-state index is -1.15. The maximum atomic E-state index is 11.8. The van der Waals surface area contributed by atoms with Gasteiger partial charge in [0.1, 0.15) is 5.60 Å². The Balaban J connectivity index is 2.52. The Morgan fingerprint density at radius 2 is 1.42 bits per heavy atom. The molecule has 24 heavy (non-hydrogen) atoms. The van der Waals surface area contributed by atoms with Crippen LogP contribution in [0.25, 0.3) is 0 Å². The third-order valence-corrected chi connectivity index (χ3v) is 5.14. The van der Waals surface area contributed by atoms with Crippen LogP contribution < -0.4 is 0 Å². The molecule has 2 rings (SSSR count). The Bertz CT molecular complexity index is 625. The second-order valence-corrected chi connectivity index (χ2v) is 7.05. The molecule has 2 aromatic carbocycles. The molecule has 0 saturated carbocycles. The minimum Gasteiger partial charge on any atom is -0.380 e. The Hall–Kier alpha value is -1.06. The summed E-state index contributed by atoms with van der Waals surface area (Å²) in [4.78, 5) is 2.31. The van der Waals surface area contributed by atoms with Gasteiger partial charge >= 0.3 is 0 Å². The van der Waals surface area contributed by atoms with Gasteiger partial charge in [0.05, 0.1) is 0 Å². The van der Waals surface area contributed by atoms with E-state index in [2.05, 4.69) is 25.7 Å². The van der Waals surface area contributed by atoms with Gasteiger partial charge < -0.3 is 10.0 Å². The van der Waals surface area contributed by atoms with E-state index in [-0.39, 0.29) is 5.92 Å². The average molecular weight is 366 g/mol. The van der Waals surface area contributed by atoms with Crippen LogP contribution in [0.15, 0.2) is 48.5 Å². The fourth-order valence-corrected chi connectivity index (χ4v) is 3.57. The number of benzene rings is 2. The van der Waals surface area contributed by atoms with Gasteiger partial charge in [0.15, 0.2) is 0 Å². The van der Waals surface area contributed by atoms with Crippen molar-refractivity contribution in [3.05, 3.63) is 69.7 Å². The largest absolute Gasteiger partial charge is 0.380 e. The molecule has 0 fully saturated rings. The topological polar surface area (TPSA) is 23.5 Å². The van der Waals surface area contributed by atoms with Crippen molar-refractivity contribution in [1.82, 2.24) is 4.90 Å². The maximum absolute atomic E-state index is 11.8. The molecule has 0 saturated heterocycles. The number of hydrogen-bond donors (Lipinski definition) is 1. The third kappa shape index (κ3) is 4.12. The van der Waals surface area contributed by atoms with E-state index >= 15 is 0 Å². The molecule has 0 aromatic heterocycles. The fraction of sp³-hybridized carbons (Fsp3) is 0.400. The van der Waals surface area contributed by atoms with E-state index in [0.29, 0.717) is 10.0 Å². The van der Waals surface area contributed by atoms with Crippen molar-refractivity contribution >= 4 is 23.2 Å². The lowest BCUT2D eigenvalue weighted by Crippen LogP contribution is -2.42. The zero-order valence-corrected chi connectivity index (χ0v) is 16.0. The zero-order chi connectivity index (χ0) is 17.7. The highest BCUT2D eigenvalue weighted by Crippen LogP contribution is 2.39. The SMILES string of the molecule is CCN(CC)CC(C)C(O)(c1cccc(Cl)c1)c1cccc(Cl)c1. The van der Waals surface area contributed by atoms with Crippen molar-refractivity contribution in [2.75, 3.05) is 19.6 Å². The molecule has 1 atom stereocenters. The Morgan fingerprint density at radius 3 is 1.79 bits per heavy atom. The summed E-state index contributed by atoms with van der Waals surface area (Å²) in [5.41, 5.74) is 0.423. The standard InChI is InChI=1S/C20H25Cl2NO/c1-4-23(5-2)14-15(3)20(24,16-8-6-10-18(21)12-16)17-9-7-11-19(22)13-17/h6-13,15,24H,4-5,14H2,1-3H3. The number of aliphatic hydroxyl groups is 1. The summed E-state index contributed by atoms with van der Waals surface area (Å²) in [5, 5.41) is 13.0. The third-order valence-electron chi connectivity index (χ3n) is 4.67. The number of nitrogens with zero attached hydrogens (tertiary/aromatic N) is 1. The number of hydrogen-bond acceptors (Lipinski definition) is 2. The van der Waals surface area contributed by atoms with Crippen LogP contribution >= 0.6 is 23.2 Å². The van der Waals surface area contributed by atoms with E-state index in [9.17, 15) is 5.11 Å². The van der Waals surface area contributed by atoms with Gasteiger partial charge in [-0.3, -0.25) is 0 Å². The molecule has 0 aliphatic rings.